The van der Waals surface area contributed by atoms with Gasteiger partial charge in [0.05, 0.1) is 7.11 Å². The van der Waals surface area contributed by atoms with Crippen LogP contribution < -0.4 is 0 Å². The van der Waals surface area contributed by atoms with E-state index in [-0.39, 0.29) is 5.97 Å². The molecule has 0 heterocycles. The number of allylic oxidation sites excluding steroid dienone is 1. The van der Waals surface area contributed by atoms with E-state index in [2.05, 4.69) is 4.74 Å². The van der Waals surface area contributed by atoms with Gasteiger partial charge >= 0.3 is 5.97 Å². The molecule has 0 amide bonds. The zero-order chi connectivity index (χ0) is 7.28. The first-order valence-corrected chi connectivity index (χ1v) is 3.05. The second-order valence-corrected chi connectivity index (χ2v) is 1.91. The minimum absolute atomic E-state index is 0.354. The van der Waals surface area contributed by atoms with E-state index in [0.717, 1.165) is 5.57 Å². The second kappa shape index (κ2) is 4.39. The predicted molar refractivity (Wildman–Crippen MR) is 36.5 cm³/mol. The van der Waals surface area contributed by atoms with Gasteiger partial charge in [-0.25, -0.2) is 4.79 Å². The van der Waals surface area contributed by atoms with Crippen molar-refractivity contribution in [1.29, 1.82) is 0 Å². The number of hydrogen-bond donors (Lipinski definition) is 0. The maximum atomic E-state index is 10.4. The van der Waals surface area contributed by atoms with E-state index >= 15 is 0 Å². The Morgan fingerprint density at radius 2 is 2.33 bits per heavy atom. The van der Waals surface area contributed by atoms with Gasteiger partial charge in [-0.15, -0.1) is 11.6 Å². The van der Waals surface area contributed by atoms with Gasteiger partial charge in [0.25, 0.3) is 0 Å². The summed E-state index contributed by atoms with van der Waals surface area (Å²) in [4.78, 5) is 10.4. The maximum Gasteiger partial charge on any atom is 0.330 e. The summed E-state index contributed by atoms with van der Waals surface area (Å²) in [6, 6.07) is 0. The van der Waals surface area contributed by atoms with Crippen molar-refractivity contribution in [2.45, 2.75) is 6.92 Å². The molecule has 0 rings (SSSR count). The summed E-state index contributed by atoms with van der Waals surface area (Å²) in [6.45, 7) is 1.77. The normalized spacial score (nSPS) is 11.2. The Hall–Kier alpha value is -0.500. The van der Waals surface area contributed by atoms with Gasteiger partial charge in [0.1, 0.15) is 0 Å². The molecule has 0 aromatic carbocycles. The van der Waals surface area contributed by atoms with E-state index in [1.165, 1.54) is 13.2 Å². The Morgan fingerprint density at radius 1 is 1.78 bits per heavy atom. The van der Waals surface area contributed by atoms with E-state index in [1.807, 2.05) is 0 Å². The molecule has 0 unspecified atom stereocenters. The molecule has 3 heteroatoms. The Morgan fingerprint density at radius 3 is 2.67 bits per heavy atom. The molecule has 0 aromatic heterocycles. The number of rotatable bonds is 2. The van der Waals surface area contributed by atoms with Crippen LogP contribution in [0.2, 0.25) is 0 Å². The highest BCUT2D eigenvalue weighted by Crippen LogP contribution is 1.94. The van der Waals surface area contributed by atoms with Gasteiger partial charge in [-0.1, -0.05) is 5.57 Å². The summed E-state index contributed by atoms with van der Waals surface area (Å²) in [6.07, 6.45) is 1.37. The number of ether oxygens (including phenoxy) is 1. The van der Waals surface area contributed by atoms with Crippen molar-refractivity contribution in [1.82, 2.24) is 0 Å². The van der Waals surface area contributed by atoms with Gasteiger partial charge in [0.2, 0.25) is 0 Å². The number of esters is 1. The van der Waals surface area contributed by atoms with Crippen LogP contribution in [0.1, 0.15) is 6.92 Å². The first kappa shape index (κ1) is 8.50. The number of alkyl halides is 1. The lowest BCUT2D eigenvalue weighted by atomic mass is 10.3. The zero-order valence-electron chi connectivity index (χ0n) is 5.48. The number of carbonyl (C=O) groups excluding carboxylic acids is 1. The topological polar surface area (TPSA) is 26.3 Å². The molecule has 2 nitrogen and oxygen atoms in total. The van der Waals surface area contributed by atoms with Crippen LogP contribution in [0.4, 0.5) is 0 Å². The van der Waals surface area contributed by atoms with Crippen LogP contribution in [0.5, 0.6) is 0 Å². The van der Waals surface area contributed by atoms with Crippen molar-refractivity contribution in [2.75, 3.05) is 13.0 Å². The van der Waals surface area contributed by atoms with Crippen molar-refractivity contribution >= 4 is 17.6 Å². The minimum atomic E-state index is -0.354. The van der Waals surface area contributed by atoms with Gasteiger partial charge < -0.3 is 4.74 Å². The maximum absolute atomic E-state index is 10.4. The smallest absolute Gasteiger partial charge is 0.330 e. The Kier molecular flexibility index (Phi) is 4.14. The quantitative estimate of drug-likeness (QED) is 0.336. The summed E-state index contributed by atoms with van der Waals surface area (Å²) in [5.74, 6) is 0.0166. The summed E-state index contributed by atoms with van der Waals surface area (Å²) in [7, 11) is 1.33. The van der Waals surface area contributed by atoms with Crippen molar-refractivity contribution in [3.05, 3.63) is 11.6 Å². The molecule has 0 saturated carbocycles. The molecule has 0 bridgehead atoms. The highest BCUT2D eigenvalue weighted by Gasteiger charge is 1.93. The van der Waals surface area contributed by atoms with Crippen LogP contribution >= 0.6 is 11.6 Å². The van der Waals surface area contributed by atoms with Crippen molar-refractivity contribution < 1.29 is 9.53 Å². The number of methoxy groups -OCH3 is 1. The third-order valence-corrected chi connectivity index (χ3v) is 1.20. The van der Waals surface area contributed by atoms with Crippen LogP contribution in [-0.2, 0) is 9.53 Å². The molecule has 0 atom stereocenters. The van der Waals surface area contributed by atoms with Crippen molar-refractivity contribution in [2.24, 2.45) is 0 Å². The third kappa shape index (κ3) is 4.03. The highest BCUT2D eigenvalue weighted by atomic mass is 35.5. The molecule has 0 radical (unpaired) electrons. The Bertz CT molecular complexity index is 129. The predicted octanol–water partition coefficient (Wildman–Crippen LogP) is 1.34. The average molecular weight is 149 g/mol. The molecule has 0 saturated heterocycles. The van der Waals surface area contributed by atoms with Gasteiger partial charge in [-0.3, -0.25) is 0 Å². The summed E-state index contributed by atoms with van der Waals surface area (Å²) >= 11 is 5.38. The van der Waals surface area contributed by atoms with E-state index in [4.69, 9.17) is 11.6 Å². The molecule has 0 spiro atoms. The zero-order valence-corrected chi connectivity index (χ0v) is 6.23. The first-order valence-electron chi connectivity index (χ1n) is 2.51. The molecule has 0 aliphatic carbocycles. The fourth-order valence-corrected chi connectivity index (χ4v) is 0.376. The molecule has 9 heavy (non-hydrogen) atoms. The summed E-state index contributed by atoms with van der Waals surface area (Å²) in [5.41, 5.74) is 0.809. The van der Waals surface area contributed by atoms with Crippen LogP contribution in [0.15, 0.2) is 11.6 Å². The lowest BCUT2D eigenvalue weighted by Crippen LogP contribution is -1.95. The average Bonchev–Trinajstić information content (AvgIpc) is 1.87. The van der Waals surface area contributed by atoms with E-state index in [1.54, 1.807) is 6.92 Å². The number of hydrogen-bond acceptors (Lipinski definition) is 2. The molecule has 0 aromatic rings. The van der Waals surface area contributed by atoms with Crippen LogP contribution in [0.3, 0.4) is 0 Å². The van der Waals surface area contributed by atoms with Crippen LogP contribution in [0, 0.1) is 0 Å². The number of halogens is 1. The number of carbonyl (C=O) groups is 1. The molecule has 0 aliphatic rings. The Balaban J connectivity index is 3.79. The van der Waals surface area contributed by atoms with Gasteiger partial charge in [0.15, 0.2) is 0 Å². The minimum Gasteiger partial charge on any atom is -0.466 e. The van der Waals surface area contributed by atoms with Crippen molar-refractivity contribution in [3.8, 4) is 0 Å². The van der Waals surface area contributed by atoms with E-state index in [0.29, 0.717) is 5.88 Å². The van der Waals surface area contributed by atoms with Gasteiger partial charge in [-0.2, -0.15) is 0 Å². The third-order valence-electron chi connectivity index (χ3n) is 0.776. The van der Waals surface area contributed by atoms with Gasteiger partial charge in [-0.05, 0) is 6.92 Å². The SMILES string of the molecule is COC(=O)/C=C(\C)CCl. The standard InChI is InChI=1S/C6H9ClO2/c1-5(4-7)3-6(8)9-2/h3H,4H2,1-2H3/b5-3+. The lowest BCUT2D eigenvalue weighted by Gasteiger charge is -1.91. The fraction of sp³-hybridized carbons (Fsp3) is 0.500. The lowest BCUT2D eigenvalue weighted by molar-refractivity contribution is -0.134. The van der Waals surface area contributed by atoms with Crippen LogP contribution in [0.25, 0.3) is 0 Å². The summed E-state index contributed by atoms with van der Waals surface area (Å²) in [5, 5.41) is 0. The molecule has 0 aliphatic heterocycles. The highest BCUT2D eigenvalue weighted by molar-refractivity contribution is 6.19. The largest absolute Gasteiger partial charge is 0.466 e. The van der Waals surface area contributed by atoms with Gasteiger partial charge in [0, 0.05) is 12.0 Å². The first-order chi connectivity index (χ1) is 4.20. The van der Waals surface area contributed by atoms with E-state index < -0.39 is 0 Å². The van der Waals surface area contributed by atoms with E-state index in [9.17, 15) is 4.79 Å². The fourth-order valence-electron chi connectivity index (χ4n) is 0.299. The second-order valence-electron chi connectivity index (χ2n) is 1.65. The molecule has 0 fully saturated rings. The monoisotopic (exact) mass is 148 g/mol. The molecular formula is C6H9ClO2. The Labute approximate surface area is 59.5 Å². The summed E-state index contributed by atoms with van der Waals surface area (Å²) < 4.78 is 4.35. The van der Waals surface area contributed by atoms with Crippen LogP contribution in [-0.4, -0.2) is 19.0 Å². The molecule has 0 N–H and O–H groups in total. The molecular weight excluding hydrogens is 140 g/mol. The molecule has 52 valence electrons. The van der Waals surface area contributed by atoms with Crippen molar-refractivity contribution in [3.63, 3.8) is 0 Å².